The molecule has 1 unspecified atom stereocenters. The molecular weight excluding hydrogens is 358 g/mol. The van der Waals surface area contributed by atoms with E-state index in [1.165, 1.54) is 0 Å². The van der Waals surface area contributed by atoms with Crippen molar-refractivity contribution < 1.29 is 19.0 Å². The summed E-state index contributed by atoms with van der Waals surface area (Å²) in [5, 5.41) is 0. The van der Waals surface area contributed by atoms with Crippen LogP contribution in [0, 0.1) is 0 Å². The van der Waals surface area contributed by atoms with Crippen molar-refractivity contribution in [2.45, 2.75) is 18.7 Å². The van der Waals surface area contributed by atoms with Gasteiger partial charge in [0.05, 0.1) is 25.3 Å². The van der Waals surface area contributed by atoms with E-state index in [-0.39, 0.29) is 5.97 Å². The number of esters is 1. The van der Waals surface area contributed by atoms with Crippen molar-refractivity contribution in [3.8, 4) is 11.5 Å². The van der Waals surface area contributed by atoms with Crippen LogP contribution in [0.1, 0.15) is 12.5 Å². The second-order valence-electron chi connectivity index (χ2n) is 4.17. The predicted molar refractivity (Wildman–Crippen MR) is 88.0 cm³/mol. The highest BCUT2D eigenvalue weighted by molar-refractivity contribution is 9.10. The van der Waals surface area contributed by atoms with Crippen LogP contribution in [0.2, 0.25) is 0 Å². The molecule has 21 heavy (non-hydrogen) atoms. The van der Waals surface area contributed by atoms with Crippen LogP contribution in [-0.4, -0.2) is 38.6 Å². The quantitative estimate of drug-likeness (QED) is 0.702. The molecule has 0 aliphatic heterocycles. The van der Waals surface area contributed by atoms with Gasteiger partial charge >= 0.3 is 5.97 Å². The van der Waals surface area contributed by atoms with Crippen molar-refractivity contribution in [2.75, 3.05) is 26.6 Å². The topological polar surface area (TPSA) is 70.8 Å². The predicted octanol–water partition coefficient (Wildman–Crippen LogP) is 2.59. The van der Waals surface area contributed by atoms with Crippen LogP contribution < -0.4 is 15.2 Å². The van der Waals surface area contributed by atoms with Crippen molar-refractivity contribution in [2.24, 2.45) is 5.73 Å². The van der Waals surface area contributed by atoms with Gasteiger partial charge in [0.2, 0.25) is 0 Å². The van der Waals surface area contributed by atoms with Gasteiger partial charge in [0.25, 0.3) is 0 Å². The van der Waals surface area contributed by atoms with E-state index in [4.69, 9.17) is 19.9 Å². The number of hydrogen-bond acceptors (Lipinski definition) is 6. The maximum absolute atomic E-state index is 11.4. The molecule has 0 amide bonds. The number of carbonyl (C=O) groups excluding carboxylic acids is 1. The van der Waals surface area contributed by atoms with E-state index in [2.05, 4.69) is 15.9 Å². The van der Waals surface area contributed by atoms with E-state index in [9.17, 15) is 4.79 Å². The van der Waals surface area contributed by atoms with Crippen LogP contribution in [0.5, 0.6) is 11.5 Å². The van der Waals surface area contributed by atoms with Crippen LogP contribution in [0.15, 0.2) is 16.6 Å². The third-order valence-corrected chi connectivity index (χ3v) is 4.43. The van der Waals surface area contributed by atoms with E-state index in [1.54, 1.807) is 32.9 Å². The average molecular weight is 378 g/mol. The fourth-order valence-electron chi connectivity index (χ4n) is 1.65. The van der Waals surface area contributed by atoms with E-state index in [1.807, 2.05) is 12.1 Å². The lowest BCUT2D eigenvalue weighted by molar-refractivity contribution is -0.144. The lowest BCUT2D eigenvalue weighted by atomic mass is 10.2. The molecule has 0 saturated carbocycles. The number of ether oxygens (including phenoxy) is 3. The van der Waals surface area contributed by atoms with Crippen molar-refractivity contribution in [3.05, 3.63) is 22.2 Å². The molecule has 7 heteroatoms. The first kappa shape index (κ1) is 18.1. The monoisotopic (exact) mass is 377 g/mol. The third kappa shape index (κ3) is 5.41. The number of benzene rings is 1. The first-order valence-electron chi connectivity index (χ1n) is 6.43. The Bertz CT molecular complexity index is 484. The maximum atomic E-state index is 11.4. The maximum Gasteiger partial charge on any atom is 0.323 e. The molecule has 5 nitrogen and oxygen atoms in total. The van der Waals surface area contributed by atoms with E-state index in [0.29, 0.717) is 18.1 Å². The summed E-state index contributed by atoms with van der Waals surface area (Å²) in [6, 6.07) is 3.16. The second-order valence-corrected chi connectivity index (χ2v) is 6.06. The third-order valence-electron chi connectivity index (χ3n) is 2.70. The Labute approximate surface area is 137 Å². The summed E-state index contributed by atoms with van der Waals surface area (Å²) in [4.78, 5) is 11.4. The molecule has 2 N–H and O–H groups in total. The lowest BCUT2D eigenvalue weighted by Crippen LogP contribution is -2.34. The number of rotatable bonds is 8. The lowest BCUT2D eigenvalue weighted by Gasteiger charge is -2.13. The smallest absolute Gasteiger partial charge is 0.323 e. The summed E-state index contributed by atoms with van der Waals surface area (Å²) < 4.78 is 16.3. The Hall–Kier alpha value is -0.920. The molecule has 1 rings (SSSR count). The van der Waals surface area contributed by atoms with Gasteiger partial charge in [0.1, 0.15) is 17.5 Å². The Kier molecular flexibility index (Phi) is 7.92. The Morgan fingerprint density at radius 1 is 1.33 bits per heavy atom. The zero-order valence-corrected chi connectivity index (χ0v) is 14.8. The minimum Gasteiger partial charge on any atom is -0.496 e. The van der Waals surface area contributed by atoms with Gasteiger partial charge in [-0.1, -0.05) is 0 Å². The number of carbonyl (C=O) groups is 1. The zero-order valence-electron chi connectivity index (χ0n) is 12.3. The SMILES string of the molecule is CCOC(=O)C(N)CSCc1cc(OC)c(Br)cc1OC. The molecule has 0 aliphatic carbocycles. The molecule has 1 atom stereocenters. The highest BCUT2D eigenvalue weighted by Gasteiger charge is 2.15. The van der Waals surface area contributed by atoms with E-state index in [0.717, 1.165) is 21.5 Å². The Morgan fingerprint density at radius 3 is 2.57 bits per heavy atom. The van der Waals surface area contributed by atoms with Crippen LogP contribution >= 0.6 is 27.7 Å². The highest BCUT2D eigenvalue weighted by atomic mass is 79.9. The average Bonchev–Trinajstić information content (AvgIpc) is 2.48. The minimum absolute atomic E-state index is 0.342. The molecule has 0 aromatic heterocycles. The first-order valence-corrected chi connectivity index (χ1v) is 8.38. The summed E-state index contributed by atoms with van der Waals surface area (Å²) in [5.41, 5.74) is 6.74. The largest absolute Gasteiger partial charge is 0.496 e. The van der Waals surface area contributed by atoms with Crippen LogP contribution in [0.25, 0.3) is 0 Å². The molecule has 0 spiro atoms. The molecule has 0 fully saturated rings. The van der Waals surface area contributed by atoms with Crippen molar-refractivity contribution in [3.63, 3.8) is 0 Å². The van der Waals surface area contributed by atoms with Gasteiger partial charge < -0.3 is 19.9 Å². The fraction of sp³-hybridized carbons (Fsp3) is 0.500. The molecule has 0 bridgehead atoms. The fourth-order valence-corrected chi connectivity index (χ4v) is 3.09. The first-order chi connectivity index (χ1) is 10.0. The van der Waals surface area contributed by atoms with Gasteiger partial charge in [-0.25, -0.2) is 0 Å². The highest BCUT2D eigenvalue weighted by Crippen LogP contribution is 2.34. The number of halogens is 1. The number of thioether (sulfide) groups is 1. The second kappa shape index (κ2) is 9.17. The summed E-state index contributed by atoms with van der Waals surface area (Å²) >= 11 is 4.96. The van der Waals surface area contributed by atoms with E-state index >= 15 is 0 Å². The van der Waals surface area contributed by atoms with Crippen LogP contribution in [0.3, 0.4) is 0 Å². The minimum atomic E-state index is -0.613. The van der Waals surface area contributed by atoms with Gasteiger partial charge in [0.15, 0.2) is 0 Å². The van der Waals surface area contributed by atoms with Gasteiger partial charge in [0, 0.05) is 17.1 Å². The number of hydrogen-bond donors (Lipinski definition) is 1. The van der Waals surface area contributed by atoms with Crippen LogP contribution in [0.4, 0.5) is 0 Å². The molecule has 1 aromatic carbocycles. The van der Waals surface area contributed by atoms with Crippen molar-refractivity contribution in [1.82, 2.24) is 0 Å². The van der Waals surface area contributed by atoms with Crippen LogP contribution in [-0.2, 0) is 15.3 Å². The molecule has 1 aromatic rings. The molecule has 0 saturated heterocycles. The molecule has 0 heterocycles. The summed E-state index contributed by atoms with van der Waals surface area (Å²) in [6.07, 6.45) is 0. The van der Waals surface area contributed by atoms with Gasteiger partial charge in [-0.05, 0) is 35.0 Å². The van der Waals surface area contributed by atoms with Gasteiger partial charge in [-0.3, -0.25) is 4.79 Å². The molecule has 0 radical (unpaired) electrons. The normalized spacial score (nSPS) is 11.9. The number of methoxy groups -OCH3 is 2. The van der Waals surface area contributed by atoms with Crippen molar-refractivity contribution >= 4 is 33.7 Å². The molecule has 0 aliphatic rings. The zero-order chi connectivity index (χ0) is 15.8. The Morgan fingerprint density at radius 2 is 2.00 bits per heavy atom. The van der Waals surface area contributed by atoms with Crippen molar-refractivity contribution in [1.29, 1.82) is 0 Å². The number of nitrogens with two attached hydrogens (primary N) is 1. The van der Waals surface area contributed by atoms with E-state index < -0.39 is 6.04 Å². The molecule has 118 valence electrons. The summed E-state index contributed by atoms with van der Waals surface area (Å²) in [6.45, 7) is 2.10. The summed E-state index contributed by atoms with van der Waals surface area (Å²) in [5.74, 6) is 2.28. The molecular formula is C14H20BrNO4S. The summed E-state index contributed by atoms with van der Waals surface area (Å²) in [7, 11) is 3.23. The Balaban J connectivity index is 2.64. The van der Waals surface area contributed by atoms with Gasteiger partial charge in [-0.15, -0.1) is 0 Å². The standard InChI is InChI=1S/C14H20BrNO4S/c1-4-20-14(17)11(16)8-21-7-9-5-13(19-3)10(15)6-12(9)18-2/h5-6,11H,4,7-8,16H2,1-3H3. The van der Waals surface area contributed by atoms with Gasteiger partial charge in [-0.2, -0.15) is 11.8 Å².